The highest BCUT2D eigenvalue weighted by atomic mass is 32.1. The molecular weight excluding hydrogens is 304 g/mol. The van der Waals surface area contributed by atoms with Gasteiger partial charge < -0.3 is 5.32 Å². The lowest BCUT2D eigenvalue weighted by atomic mass is 9.78. The molecule has 4 rings (SSSR count). The number of hydrogen-bond acceptors (Lipinski definition) is 3. The van der Waals surface area contributed by atoms with Crippen molar-refractivity contribution in [1.29, 1.82) is 0 Å². The molecule has 3 fully saturated rings. The molecule has 2 atom stereocenters. The van der Waals surface area contributed by atoms with Crippen molar-refractivity contribution in [3.8, 4) is 0 Å². The molecule has 3 nitrogen and oxygen atoms in total. The van der Waals surface area contributed by atoms with Crippen molar-refractivity contribution in [3.05, 3.63) is 22.4 Å². The molecule has 1 aromatic heterocycles. The molecular formula is C19H28N2OS. The van der Waals surface area contributed by atoms with E-state index in [1.54, 1.807) is 11.3 Å². The number of thiophene rings is 1. The van der Waals surface area contributed by atoms with Crippen molar-refractivity contribution in [2.45, 2.75) is 88.4 Å². The summed E-state index contributed by atoms with van der Waals surface area (Å²) in [5, 5.41) is 5.30. The van der Waals surface area contributed by atoms with E-state index >= 15 is 0 Å². The number of nitrogens with zero attached hydrogens (tertiary/aromatic N) is 1. The minimum Gasteiger partial charge on any atom is -0.348 e. The maximum Gasteiger partial charge on any atom is 0.261 e. The van der Waals surface area contributed by atoms with Crippen LogP contribution in [0.2, 0.25) is 0 Å². The highest BCUT2D eigenvalue weighted by Crippen LogP contribution is 2.39. The third-order valence-corrected chi connectivity index (χ3v) is 6.98. The van der Waals surface area contributed by atoms with Crippen LogP contribution in [0, 0.1) is 0 Å². The monoisotopic (exact) mass is 332 g/mol. The van der Waals surface area contributed by atoms with Gasteiger partial charge in [-0.1, -0.05) is 31.7 Å². The largest absolute Gasteiger partial charge is 0.348 e. The zero-order valence-corrected chi connectivity index (χ0v) is 14.7. The Bertz CT molecular complexity index is 509. The molecule has 2 aliphatic heterocycles. The Morgan fingerprint density at radius 1 is 1.00 bits per heavy atom. The Labute approximate surface area is 143 Å². The molecule has 0 radical (unpaired) electrons. The first kappa shape index (κ1) is 15.6. The number of nitrogens with one attached hydrogen (secondary N) is 1. The fourth-order valence-electron chi connectivity index (χ4n) is 5.18. The summed E-state index contributed by atoms with van der Waals surface area (Å²) in [4.78, 5) is 16.1. The van der Waals surface area contributed by atoms with Crippen LogP contribution in [-0.2, 0) is 0 Å². The van der Waals surface area contributed by atoms with Gasteiger partial charge in [-0.2, -0.15) is 0 Å². The zero-order chi connectivity index (χ0) is 15.6. The van der Waals surface area contributed by atoms with Gasteiger partial charge in [0.1, 0.15) is 0 Å². The van der Waals surface area contributed by atoms with E-state index in [2.05, 4.69) is 10.2 Å². The summed E-state index contributed by atoms with van der Waals surface area (Å²) < 4.78 is 0. The summed E-state index contributed by atoms with van der Waals surface area (Å²) in [5.74, 6) is 0.134. The van der Waals surface area contributed by atoms with Gasteiger partial charge in [0, 0.05) is 24.2 Å². The molecule has 4 heteroatoms. The summed E-state index contributed by atoms with van der Waals surface area (Å²) in [6, 6.07) is 6.50. The van der Waals surface area contributed by atoms with Crippen LogP contribution in [0.5, 0.6) is 0 Å². The van der Waals surface area contributed by atoms with Crippen LogP contribution in [0.15, 0.2) is 17.5 Å². The zero-order valence-electron chi connectivity index (χ0n) is 13.9. The summed E-state index contributed by atoms with van der Waals surface area (Å²) in [6.07, 6.45) is 13.4. The Balaban J connectivity index is 1.41. The van der Waals surface area contributed by atoms with Crippen LogP contribution in [0.1, 0.15) is 73.9 Å². The molecule has 3 aliphatic rings. The Hall–Kier alpha value is -0.870. The highest BCUT2D eigenvalue weighted by molar-refractivity contribution is 7.12. The van der Waals surface area contributed by atoms with Crippen molar-refractivity contribution < 1.29 is 4.79 Å². The number of piperidine rings is 2. The lowest BCUT2D eigenvalue weighted by Crippen LogP contribution is -2.60. The molecule has 1 aromatic rings. The second-order valence-corrected chi connectivity index (χ2v) is 8.54. The fourth-order valence-corrected chi connectivity index (χ4v) is 5.80. The van der Waals surface area contributed by atoms with E-state index in [0.717, 1.165) is 23.8 Å². The first-order chi connectivity index (χ1) is 11.3. The average Bonchev–Trinajstić information content (AvgIpc) is 3.09. The van der Waals surface area contributed by atoms with Gasteiger partial charge in [0.25, 0.3) is 5.91 Å². The molecule has 2 saturated heterocycles. The number of fused-ring (bicyclic) bond motifs is 2. The summed E-state index contributed by atoms with van der Waals surface area (Å²) in [5.41, 5.74) is 0. The van der Waals surface area contributed by atoms with Crippen LogP contribution >= 0.6 is 11.3 Å². The van der Waals surface area contributed by atoms with E-state index in [1.807, 2.05) is 17.5 Å². The molecule has 2 unspecified atom stereocenters. The smallest absolute Gasteiger partial charge is 0.261 e. The fraction of sp³-hybridized carbons (Fsp3) is 0.737. The average molecular weight is 333 g/mol. The van der Waals surface area contributed by atoms with E-state index in [0.29, 0.717) is 18.1 Å². The van der Waals surface area contributed by atoms with E-state index < -0.39 is 0 Å². The first-order valence-electron chi connectivity index (χ1n) is 9.43. The van der Waals surface area contributed by atoms with E-state index in [1.165, 1.54) is 51.4 Å². The standard InChI is InChI=1S/C19H28N2OS/c22-19(18-10-5-11-23-18)20-14-12-16-8-4-9-17(13-14)21(16)15-6-2-1-3-7-15/h5,10-11,14-17H,1-4,6-9,12-13H2,(H,20,22). The quantitative estimate of drug-likeness (QED) is 0.900. The SMILES string of the molecule is O=C(NC1CC2CCCC(C1)N2C1CCCCC1)c1cccs1. The van der Waals surface area contributed by atoms with E-state index in [9.17, 15) is 4.79 Å². The van der Waals surface area contributed by atoms with Crippen molar-refractivity contribution in [2.24, 2.45) is 0 Å². The predicted octanol–water partition coefficient (Wildman–Crippen LogP) is 4.20. The minimum atomic E-state index is 0.134. The van der Waals surface area contributed by atoms with Crippen LogP contribution in [0.25, 0.3) is 0 Å². The van der Waals surface area contributed by atoms with Crippen molar-refractivity contribution in [3.63, 3.8) is 0 Å². The summed E-state index contributed by atoms with van der Waals surface area (Å²) in [7, 11) is 0. The van der Waals surface area contributed by atoms with Crippen LogP contribution in [-0.4, -0.2) is 35.0 Å². The van der Waals surface area contributed by atoms with Gasteiger partial charge in [0.05, 0.1) is 4.88 Å². The Kier molecular flexibility index (Phi) is 4.72. The van der Waals surface area contributed by atoms with Gasteiger partial charge in [-0.25, -0.2) is 0 Å². The maximum absolute atomic E-state index is 12.4. The van der Waals surface area contributed by atoms with Crippen molar-refractivity contribution in [2.75, 3.05) is 0 Å². The third-order valence-electron chi connectivity index (χ3n) is 6.11. The Morgan fingerprint density at radius 3 is 2.35 bits per heavy atom. The van der Waals surface area contributed by atoms with E-state index in [4.69, 9.17) is 0 Å². The predicted molar refractivity (Wildman–Crippen MR) is 94.9 cm³/mol. The van der Waals surface area contributed by atoms with Gasteiger partial charge in [-0.3, -0.25) is 9.69 Å². The van der Waals surface area contributed by atoms with Gasteiger partial charge in [0.15, 0.2) is 0 Å². The topological polar surface area (TPSA) is 32.3 Å². The van der Waals surface area contributed by atoms with Crippen LogP contribution < -0.4 is 5.32 Å². The van der Waals surface area contributed by atoms with Gasteiger partial charge in [-0.05, 0) is 50.0 Å². The van der Waals surface area contributed by atoms with Gasteiger partial charge >= 0.3 is 0 Å². The van der Waals surface area contributed by atoms with Crippen molar-refractivity contribution >= 4 is 17.2 Å². The van der Waals surface area contributed by atoms with Crippen molar-refractivity contribution in [1.82, 2.24) is 10.2 Å². The lowest BCUT2D eigenvalue weighted by molar-refractivity contribution is -0.0211. The molecule has 1 saturated carbocycles. The number of carbonyl (C=O) groups is 1. The molecule has 23 heavy (non-hydrogen) atoms. The maximum atomic E-state index is 12.4. The van der Waals surface area contributed by atoms with Crippen LogP contribution in [0.4, 0.5) is 0 Å². The molecule has 3 heterocycles. The third kappa shape index (κ3) is 3.34. The second kappa shape index (κ2) is 6.94. The molecule has 0 spiro atoms. The number of rotatable bonds is 3. The molecule has 1 N–H and O–H groups in total. The molecule has 1 aliphatic carbocycles. The van der Waals surface area contributed by atoms with Gasteiger partial charge in [-0.15, -0.1) is 11.3 Å². The Morgan fingerprint density at radius 2 is 1.70 bits per heavy atom. The molecule has 126 valence electrons. The van der Waals surface area contributed by atoms with Gasteiger partial charge in [0.2, 0.25) is 0 Å². The van der Waals surface area contributed by atoms with E-state index in [-0.39, 0.29) is 5.91 Å². The number of hydrogen-bond donors (Lipinski definition) is 1. The molecule has 1 amide bonds. The highest BCUT2D eigenvalue weighted by Gasteiger charge is 2.42. The summed E-state index contributed by atoms with van der Waals surface area (Å²) in [6.45, 7) is 0. The number of carbonyl (C=O) groups excluding carboxylic acids is 1. The lowest BCUT2D eigenvalue weighted by Gasteiger charge is -2.53. The molecule has 0 aromatic carbocycles. The second-order valence-electron chi connectivity index (χ2n) is 7.60. The molecule has 2 bridgehead atoms. The summed E-state index contributed by atoms with van der Waals surface area (Å²) >= 11 is 1.54. The number of amides is 1. The first-order valence-corrected chi connectivity index (χ1v) is 10.3. The van der Waals surface area contributed by atoms with Crippen LogP contribution in [0.3, 0.4) is 0 Å². The minimum absolute atomic E-state index is 0.134. The normalized spacial score (nSPS) is 32.6.